The number of hydrogen-bond donors (Lipinski definition) is 7. The number of nitrogens with two attached hydrogens (primary N) is 1. The van der Waals surface area contributed by atoms with Crippen molar-refractivity contribution in [2.45, 2.75) is 144 Å². The maximum Gasteiger partial charge on any atom is 0.351 e. The number of benzene rings is 6. The number of unbranched alkanes of at least 4 members (excludes halogenated alkanes) is 2. The topological polar surface area (TPSA) is 394 Å². The summed E-state index contributed by atoms with van der Waals surface area (Å²) in [5.74, 6) is -2.46. The SMILES string of the molecule is C.CCCCC(CC)Cn1c(O)c(C#N)c(C)c(N=Nc2ccc(S(=O)(=O)N(CC)c3ccc(C(=O)O)cc3)cc2)c1=O.CCCCC(CC)Cn1c(O)c(C#N)c(C)c(N=Nc2ccc(S(=O)(=O)Nc3ccc(C(=O)[O-])cc3)cc2)c1=O.Cc1ccccc1NC(N)=[NH+]c1ccccc1C. The number of aromatic nitrogens is 2. The summed E-state index contributed by atoms with van der Waals surface area (Å²) in [4.78, 5) is 51.7. The zero-order valence-electron chi connectivity index (χ0n) is 57.2. The highest BCUT2D eigenvalue weighted by atomic mass is 32.2. The lowest BCUT2D eigenvalue weighted by atomic mass is 9.99. The van der Waals surface area contributed by atoms with Crippen molar-refractivity contribution in [3.05, 3.63) is 211 Å². The second kappa shape index (κ2) is 37.6. The molecule has 25 nitrogen and oxygen atoms in total. The second-order valence-electron chi connectivity index (χ2n) is 23.4. The van der Waals surface area contributed by atoms with Crippen LogP contribution in [0.2, 0.25) is 0 Å². The largest absolute Gasteiger partial charge is 0.545 e. The number of carboxylic acid groups (broad SMARTS) is 2. The number of aromatic carboxylic acids is 2. The summed E-state index contributed by atoms with van der Waals surface area (Å²) in [6, 6.07) is 41.6. The van der Waals surface area contributed by atoms with E-state index >= 15 is 0 Å². The van der Waals surface area contributed by atoms with Crippen molar-refractivity contribution in [1.29, 1.82) is 10.5 Å². The van der Waals surface area contributed by atoms with Gasteiger partial charge in [0.2, 0.25) is 11.8 Å². The Morgan fingerprint density at radius 3 is 1.49 bits per heavy atom. The van der Waals surface area contributed by atoms with Crippen molar-refractivity contribution in [1.82, 2.24) is 9.13 Å². The van der Waals surface area contributed by atoms with Gasteiger partial charge in [-0.15, -0.1) is 10.2 Å². The van der Waals surface area contributed by atoms with Gasteiger partial charge >= 0.3 is 11.9 Å². The molecule has 0 saturated carbocycles. The summed E-state index contributed by atoms with van der Waals surface area (Å²) < 4.78 is 58.0. The van der Waals surface area contributed by atoms with Gasteiger partial charge in [0, 0.05) is 36.4 Å². The van der Waals surface area contributed by atoms with E-state index < -0.39 is 49.0 Å². The molecule has 532 valence electrons. The Hall–Kier alpha value is -11.3. The molecule has 2 atom stereocenters. The van der Waals surface area contributed by atoms with Gasteiger partial charge in [-0.2, -0.15) is 20.8 Å². The fourth-order valence-corrected chi connectivity index (χ4v) is 13.0. The zero-order chi connectivity index (χ0) is 73.4. The highest BCUT2D eigenvalue weighted by Crippen LogP contribution is 2.32. The molecule has 0 aliphatic carbocycles. The molecule has 2 heterocycles. The first-order valence-corrected chi connectivity index (χ1v) is 35.3. The molecule has 27 heteroatoms. The number of nitrogens with zero attached hydrogens (tertiary/aromatic N) is 9. The number of aromatic hydroxyl groups is 2. The number of anilines is 3. The lowest BCUT2D eigenvalue weighted by molar-refractivity contribution is -0.355. The summed E-state index contributed by atoms with van der Waals surface area (Å²) in [7, 11) is -7.97. The molecule has 2 aromatic heterocycles. The number of sulfonamides is 2. The lowest BCUT2D eigenvalue weighted by Crippen LogP contribution is -2.72. The molecule has 6 aromatic carbocycles. The highest BCUT2D eigenvalue weighted by Gasteiger charge is 2.26. The van der Waals surface area contributed by atoms with Crippen LogP contribution in [0.15, 0.2) is 185 Å². The van der Waals surface area contributed by atoms with Gasteiger partial charge in [-0.3, -0.25) is 33.5 Å². The first-order valence-electron chi connectivity index (χ1n) is 32.4. The van der Waals surface area contributed by atoms with Gasteiger partial charge in [0.25, 0.3) is 31.2 Å². The standard InChI is InChI=1S/C30H35N5O6S.C28H31N5O6S.C15H17N3.CH4/c1-5-8-9-21(6-2)19-34-28(36)26(18-31)20(4)27(29(34)37)33-32-23-12-16-25(17-13-23)42(40,41)35(7-3)24-14-10-22(11-15-24)30(38)39;1-4-6-7-19(5-2)17-33-26(34)24(16-29)18(3)25(27(33)35)31-30-21-12-14-23(15-13-21)40(38,39)32-22-10-8-20(9-11-22)28(36)37;1-11-7-3-5-9-13(11)17-15(16)18-14-10-6-4-8-12(14)2;/h10-17,21,36H,5-9,19H2,1-4H3,(H,38,39);8-15,19,32,34H,4-7,17H2,1-3H3,(H,36,37);3-10H,1-2H3,(H3,16,17,18);1H4. The molecule has 0 spiro atoms. The average Bonchev–Trinajstić information content (AvgIpc) is 0.788. The van der Waals surface area contributed by atoms with Gasteiger partial charge in [-0.1, -0.05) is 122 Å². The number of para-hydroxylation sites is 2. The van der Waals surface area contributed by atoms with Crippen molar-refractivity contribution in [3.8, 4) is 23.9 Å². The minimum atomic E-state index is -3.99. The average molecular weight is 1410 g/mol. The number of carbonyl (C=O) groups is 2. The third kappa shape index (κ3) is 21.1. The Kier molecular flexibility index (Phi) is 29.9. The molecule has 101 heavy (non-hydrogen) atoms. The summed E-state index contributed by atoms with van der Waals surface area (Å²) in [5, 5.41) is 80.2. The van der Waals surface area contributed by atoms with Crippen LogP contribution < -0.4 is 41.3 Å². The first kappa shape index (κ1) is 80.4. The predicted molar refractivity (Wildman–Crippen MR) is 389 cm³/mol. The minimum absolute atomic E-state index is 0. The number of nitriles is 2. The molecule has 8 rings (SSSR count). The monoisotopic (exact) mass is 1410 g/mol. The van der Waals surface area contributed by atoms with Crippen LogP contribution in [0, 0.1) is 62.2 Å². The number of rotatable bonds is 27. The third-order valence-electron chi connectivity index (χ3n) is 16.5. The molecular formula is C74H87N13O12S2. The third-order valence-corrected chi connectivity index (χ3v) is 19.8. The minimum Gasteiger partial charge on any atom is -0.545 e. The molecule has 0 radical (unpaired) electrons. The van der Waals surface area contributed by atoms with Gasteiger partial charge < -0.3 is 25.2 Å². The molecule has 8 N–H and O–H groups in total. The Labute approximate surface area is 589 Å². The fraction of sp³-hybridized carbons (Fsp3) is 0.311. The number of carboxylic acids is 2. The summed E-state index contributed by atoms with van der Waals surface area (Å²) in [6.45, 7) is 17.6. The maximum atomic E-state index is 13.3. The van der Waals surface area contributed by atoms with Crippen LogP contribution in [-0.2, 0) is 33.1 Å². The van der Waals surface area contributed by atoms with Gasteiger partial charge in [0.15, 0.2) is 11.4 Å². The van der Waals surface area contributed by atoms with Crippen LogP contribution in [0.5, 0.6) is 11.8 Å². The van der Waals surface area contributed by atoms with E-state index in [1.165, 1.54) is 120 Å². The molecule has 0 aliphatic rings. The van der Waals surface area contributed by atoms with Crippen molar-refractivity contribution in [3.63, 3.8) is 0 Å². The van der Waals surface area contributed by atoms with Gasteiger partial charge in [0.05, 0.1) is 38.4 Å². The lowest BCUT2D eigenvalue weighted by Gasteiger charge is -2.23. The number of aryl methyl sites for hydroxylation is 2. The molecule has 0 aliphatic heterocycles. The number of guanidine groups is 1. The van der Waals surface area contributed by atoms with Crippen LogP contribution in [-0.4, -0.2) is 65.7 Å². The fourth-order valence-electron chi connectivity index (χ4n) is 10.4. The van der Waals surface area contributed by atoms with E-state index in [0.717, 1.165) is 78.2 Å². The van der Waals surface area contributed by atoms with Gasteiger partial charge in [-0.25, -0.2) is 31.9 Å². The van der Waals surface area contributed by atoms with Crippen molar-refractivity contribution in [2.75, 3.05) is 20.9 Å². The Balaban J connectivity index is 0.000000291. The summed E-state index contributed by atoms with van der Waals surface area (Å²) in [5.41, 5.74) is 10.3. The molecule has 8 aromatic rings. The number of pyridine rings is 2. The maximum absolute atomic E-state index is 13.3. The van der Waals surface area contributed by atoms with Crippen LogP contribution in [0.4, 0.5) is 45.5 Å². The van der Waals surface area contributed by atoms with E-state index in [1.54, 1.807) is 6.92 Å². The number of nitrogens with one attached hydrogen (secondary N) is 3. The van der Waals surface area contributed by atoms with E-state index in [9.17, 15) is 61.9 Å². The first-order chi connectivity index (χ1) is 47.7. The predicted octanol–water partition coefficient (Wildman–Crippen LogP) is 12.9. The highest BCUT2D eigenvalue weighted by molar-refractivity contribution is 7.93. The molecule has 0 bridgehead atoms. The van der Waals surface area contributed by atoms with Crippen molar-refractivity contribution >= 4 is 83.4 Å². The Bertz CT molecular complexity index is 4740. The van der Waals surface area contributed by atoms with Crippen LogP contribution in [0.1, 0.15) is 148 Å². The van der Waals surface area contributed by atoms with Gasteiger partial charge in [0.1, 0.15) is 34.6 Å². The quantitative estimate of drug-likeness (QED) is 0.0143. The van der Waals surface area contributed by atoms with Crippen LogP contribution in [0.25, 0.3) is 0 Å². The van der Waals surface area contributed by atoms with E-state index in [4.69, 9.17) is 10.8 Å². The second-order valence-corrected chi connectivity index (χ2v) is 27.0. The van der Waals surface area contributed by atoms with E-state index in [-0.39, 0.29) is 116 Å². The van der Waals surface area contributed by atoms with Crippen LogP contribution >= 0.6 is 0 Å². The zero-order valence-corrected chi connectivity index (χ0v) is 58.9. The molecule has 0 amide bonds. The van der Waals surface area contributed by atoms with E-state index in [2.05, 4.69) is 49.3 Å². The van der Waals surface area contributed by atoms with Gasteiger partial charge in [-0.05, 0) is 173 Å². The van der Waals surface area contributed by atoms with Crippen molar-refractivity contribution in [2.24, 2.45) is 38.0 Å². The molecule has 2 unspecified atom stereocenters. The van der Waals surface area contributed by atoms with E-state index in [1.807, 2.05) is 88.4 Å². The molecule has 0 saturated heterocycles. The summed E-state index contributed by atoms with van der Waals surface area (Å²) in [6.07, 6.45) is 7.33. The number of carbonyl (C=O) groups excluding carboxylic acids is 1. The smallest absolute Gasteiger partial charge is 0.351 e. The van der Waals surface area contributed by atoms with Crippen LogP contribution in [0.3, 0.4) is 0 Å². The Morgan fingerprint density at radius 1 is 0.624 bits per heavy atom. The molecular weight excluding hydrogens is 1330 g/mol. The van der Waals surface area contributed by atoms with Crippen molar-refractivity contribution < 1.29 is 51.8 Å². The number of hydrogen-bond acceptors (Lipinski definition) is 17. The molecule has 0 fully saturated rings. The normalized spacial score (nSPS) is 12.0. The Morgan fingerprint density at radius 2 is 1.07 bits per heavy atom. The van der Waals surface area contributed by atoms with E-state index in [0.29, 0.717) is 11.6 Å². The number of azo groups is 2. The summed E-state index contributed by atoms with van der Waals surface area (Å²) >= 11 is 0.